The quantitative estimate of drug-likeness (QED) is 0.847. The zero-order valence-corrected chi connectivity index (χ0v) is 11.0. The summed E-state index contributed by atoms with van der Waals surface area (Å²) in [6.45, 7) is -1.37. The van der Waals surface area contributed by atoms with Gasteiger partial charge in [-0.2, -0.15) is 13.2 Å². The van der Waals surface area contributed by atoms with Gasteiger partial charge in [-0.3, -0.25) is 4.79 Å². The van der Waals surface area contributed by atoms with Crippen molar-refractivity contribution in [1.82, 2.24) is 5.32 Å². The Morgan fingerprint density at radius 3 is 2.55 bits per heavy atom. The van der Waals surface area contributed by atoms with Crippen molar-refractivity contribution in [1.29, 1.82) is 0 Å². The van der Waals surface area contributed by atoms with E-state index in [2.05, 4.69) is 0 Å². The van der Waals surface area contributed by atoms with Crippen LogP contribution in [0.25, 0.3) is 6.08 Å². The Morgan fingerprint density at radius 2 is 2.00 bits per heavy atom. The minimum absolute atomic E-state index is 0.477. The van der Waals surface area contributed by atoms with Crippen molar-refractivity contribution >= 4 is 12.0 Å². The molecule has 1 rings (SSSR count). The molecule has 0 aromatic heterocycles. The molecule has 1 amide bonds. The first-order chi connectivity index (χ1) is 9.35. The Bertz CT molecular complexity index is 498. The lowest BCUT2D eigenvalue weighted by Crippen LogP contribution is -2.32. The number of amides is 1. The monoisotopic (exact) mass is 289 g/mol. The van der Waals surface area contributed by atoms with Gasteiger partial charge in [0.25, 0.3) is 0 Å². The topological polar surface area (TPSA) is 47.6 Å². The first-order valence-electron chi connectivity index (χ1n) is 5.60. The molecular formula is C13H14F3NO3. The molecule has 0 saturated carbocycles. The highest BCUT2D eigenvalue weighted by molar-refractivity contribution is 5.92. The van der Waals surface area contributed by atoms with Crippen LogP contribution < -0.4 is 14.8 Å². The van der Waals surface area contributed by atoms with Crippen LogP contribution in [0.2, 0.25) is 0 Å². The van der Waals surface area contributed by atoms with Crippen molar-refractivity contribution < 1.29 is 27.4 Å². The highest BCUT2D eigenvalue weighted by atomic mass is 19.4. The fourth-order valence-corrected chi connectivity index (χ4v) is 1.38. The van der Waals surface area contributed by atoms with Gasteiger partial charge in [0, 0.05) is 11.6 Å². The van der Waals surface area contributed by atoms with E-state index in [1.165, 1.54) is 20.3 Å². The smallest absolute Gasteiger partial charge is 0.405 e. The predicted octanol–water partition coefficient (Wildman–Crippen LogP) is 2.40. The van der Waals surface area contributed by atoms with E-state index in [1.54, 1.807) is 23.5 Å². The Morgan fingerprint density at radius 1 is 1.30 bits per heavy atom. The summed E-state index contributed by atoms with van der Waals surface area (Å²) in [4.78, 5) is 11.2. The Kier molecular flexibility index (Phi) is 5.42. The number of hydrogen-bond acceptors (Lipinski definition) is 3. The second kappa shape index (κ2) is 6.83. The van der Waals surface area contributed by atoms with E-state index >= 15 is 0 Å². The summed E-state index contributed by atoms with van der Waals surface area (Å²) in [6, 6.07) is 4.90. The average Bonchev–Trinajstić information content (AvgIpc) is 2.41. The molecule has 0 heterocycles. The van der Waals surface area contributed by atoms with Gasteiger partial charge in [0.05, 0.1) is 14.2 Å². The molecular weight excluding hydrogens is 275 g/mol. The molecule has 4 nitrogen and oxygen atoms in total. The molecule has 0 aliphatic carbocycles. The standard InChI is InChI=1S/C13H14F3NO3/c1-19-10-4-5-11(20-2)9(7-10)3-6-12(18)17-8-13(14,15)16/h3-7H,8H2,1-2H3,(H,17,18)/b6-3+. The maximum atomic E-state index is 11.9. The van der Waals surface area contributed by atoms with Crippen LogP contribution in [0, 0.1) is 0 Å². The van der Waals surface area contributed by atoms with E-state index in [9.17, 15) is 18.0 Å². The largest absolute Gasteiger partial charge is 0.497 e. The lowest BCUT2D eigenvalue weighted by molar-refractivity contribution is -0.135. The van der Waals surface area contributed by atoms with Crippen molar-refractivity contribution in [3.63, 3.8) is 0 Å². The maximum Gasteiger partial charge on any atom is 0.405 e. The number of alkyl halides is 3. The van der Waals surface area contributed by atoms with Crippen LogP contribution in [0.5, 0.6) is 11.5 Å². The first-order valence-corrected chi connectivity index (χ1v) is 5.60. The molecule has 0 radical (unpaired) electrons. The minimum Gasteiger partial charge on any atom is -0.497 e. The van der Waals surface area contributed by atoms with Crippen molar-refractivity contribution in [2.45, 2.75) is 6.18 Å². The van der Waals surface area contributed by atoms with Gasteiger partial charge in [0.15, 0.2) is 0 Å². The van der Waals surface area contributed by atoms with Gasteiger partial charge in [-0.25, -0.2) is 0 Å². The second-order valence-electron chi connectivity index (χ2n) is 3.77. The van der Waals surface area contributed by atoms with Crippen LogP contribution in [-0.4, -0.2) is 32.8 Å². The van der Waals surface area contributed by atoms with Gasteiger partial charge in [0.1, 0.15) is 18.0 Å². The normalized spacial score (nSPS) is 11.4. The fraction of sp³-hybridized carbons (Fsp3) is 0.308. The van der Waals surface area contributed by atoms with Crippen LogP contribution in [0.4, 0.5) is 13.2 Å². The summed E-state index contributed by atoms with van der Waals surface area (Å²) in [6.07, 6.45) is -2.08. The molecule has 0 aliphatic rings. The van der Waals surface area contributed by atoms with Gasteiger partial charge in [0.2, 0.25) is 5.91 Å². The molecule has 7 heteroatoms. The van der Waals surface area contributed by atoms with E-state index in [4.69, 9.17) is 9.47 Å². The SMILES string of the molecule is COc1ccc(OC)c(/C=C/C(=O)NCC(F)(F)F)c1. The molecule has 1 aromatic carbocycles. The van der Waals surface area contributed by atoms with Crippen LogP contribution in [0.15, 0.2) is 24.3 Å². The number of hydrogen-bond donors (Lipinski definition) is 1. The maximum absolute atomic E-state index is 11.9. The number of nitrogens with one attached hydrogen (secondary N) is 1. The molecule has 1 aromatic rings. The van der Waals surface area contributed by atoms with Gasteiger partial charge < -0.3 is 14.8 Å². The van der Waals surface area contributed by atoms with E-state index in [1.807, 2.05) is 0 Å². The van der Waals surface area contributed by atoms with E-state index in [0.29, 0.717) is 17.1 Å². The molecule has 0 spiro atoms. The summed E-state index contributed by atoms with van der Waals surface area (Å²) >= 11 is 0. The molecule has 20 heavy (non-hydrogen) atoms. The highest BCUT2D eigenvalue weighted by Gasteiger charge is 2.27. The third-order valence-corrected chi connectivity index (χ3v) is 2.31. The fourth-order valence-electron chi connectivity index (χ4n) is 1.38. The summed E-state index contributed by atoms with van der Waals surface area (Å²) < 4.78 is 45.9. The summed E-state index contributed by atoms with van der Waals surface area (Å²) in [7, 11) is 2.92. The Hall–Kier alpha value is -2.18. The first kappa shape index (κ1) is 15.9. The Labute approximate surface area is 114 Å². The molecule has 1 N–H and O–H groups in total. The van der Waals surface area contributed by atoms with Crippen molar-refractivity contribution in [3.05, 3.63) is 29.8 Å². The van der Waals surface area contributed by atoms with Gasteiger partial charge in [-0.15, -0.1) is 0 Å². The number of carbonyl (C=O) groups excluding carboxylic acids is 1. The van der Waals surface area contributed by atoms with Crippen LogP contribution in [-0.2, 0) is 4.79 Å². The van der Waals surface area contributed by atoms with E-state index in [0.717, 1.165) is 6.08 Å². The molecule has 0 aliphatic heterocycles. The summed E-state index contributed by atoms with van der Waals surface area (Å²) in [5.41, 5.74) is 0.522. The Balaban J connectivity index is 2.76. The number of rotatable bonds is 5. The number of halogens is 3. The lowest BCUT2D eigenvalue weighted by atomic mass is 10.1. The van der Waals surface area contributed by atoms with Crippen molar-refractivity contribution in [2.24, 2.45) is 0 Å². The predicted molar refractivity (Wildman–Crippen MR) is 67.6 cm³/mol. The number of benzene rings is 1. The van der Waals surface area contributed by atoms with Crippen molar-refractivity contribution in [3.8, 4) is 11.5 Å². The van der Waals surface area contributed by atoms with Gasteiger partial charge in [-0.05, 0) is 24.3 Å². The number of methoxy groups -OCH3 is 2. The molecule has 110 valence electrons. The van der Waals surface area contributed by atoms with E-state index in [-0.39, 0.29) is 0 Å². The third-order valence-electron chi connectivity index (χ3n) is 2.31. The molecule has 0 saturated heterocycles. The zero-order chi connectivity index (χ0) is 15.2. The summed E-state index contributed by atoms with van der Waals surface area (Å²) in [5, 5.41) is 1.74. The average molecular weight is 289 g/mol. The number of carbonyl (C=O) groups is 1. The zero-order valence-electron chi connectivity index (χ0n) is 11.0. The third kappa shape index (κ3) is 5.21. The van der Waals surface area contributed by atoms with Gasteiger partial charge in [-0.1, -0.05) is 0 Å². The highest BCUT2D eigenvalue weighted by Crippen LogP contribution is 2.25. The van der Waals surface area contributed by atoms with Gasteiger partial charge >= 0.3 is 6.18 Å². The number of ether oxygens (including phenoxy) is 2. The minimum atomic E-state index is -4.43. The summed E-state index contributed by atoms with van der Waals surface area (Å²) in [5.74, 6) is 0.180. The van der Waals surface area contributed by atoms with Crippen LogP contribution in [0.3, 0.4) is 0 Å². The molecule has 0 fully saturated rings. The van der Waals surface area contributed by atoms with Crippen LogP contribution >= 0.6 is 0 Å². The second-order valence-corrected chi connectivity index (χ2v) is 3.77. The molecule has 0 bridgehead atoms. The lowest BCUT2D eigenvalue weighted by Gasteiger charge is -2.08. The van der Waals surface area contributed by atoms with E-state index < -0.39 is 18.6 Å². The van der Waals surface area contributed by atoms with Crippen LogP contribution in [0.1, 0.15) is 5.56 Å². The van der Waals surface area contributed by atoms with Crippen molar-refractivity contribution in [2.75, 3.05) is 20.8 Å². The molecule has 0 atom stereocenters. The molecule has 0 unspecified atom stereocenters.